The van der Waals surface area contributed by atoms with Gasteiger partial charge in [-0.1, -0.05) is 62.4 Å². The molecule has 6 rings (SSSR count). The minimum absolute atomic E-state index is 0.00893. The average molecular weight is 952 g/mol. The molecule has 3 aliphatic carbocycles. The van der Waals surface area contributed by atoms with Gasteiger partial charge in [-0.05, 0) is 84.2 Å². The number of halogens is 1. The van der Waals surface area contributed by atoms with Crippen molar-refractivity contribution >= 4 is 41.9 Å². The molecule has 0 radical (unpaired) electrons. The van der Waals surface area contributed by atoms with E-state index in [1.54, 1.807) is 90.1 Å². The number of hydrogen-bond acceptors (Lipinski definition) is 16. The van der Waals surface area contributed by atoms with Crippen molar-refractivity contribution in [3.05, 3.63) is 82.9 Å². The number of ether oxygens (including phenoxy) is 8. The normalized spacial score (nSPS) is 30.5. The Bertz CT molecular complexity index is 2340. The van der Waals surface area contributed by atoms with Crippen molar-refractivity contribution in [1.29, 1.82) is 0 Å². The lowest BCUT2D eigenvalue weighted by Crippen LogP contribution is -2.81. The maximum absolute atomic E-state index is 17.3. The van der Waals surface area contributed by atoms with Crippen LogP contribution >= 0.6 is 0 Å². The summed E-state index contributed by atoms with van der Waals surface area (Å²) in [6.45, 7) is 17.0. The van der Waals surface area contributed by atoms with E-state index in [1.165, 1.54) is 39.8 Å². The molecule has 2 saturated carbocycles. The Morgan fingerprint density at radius 1 is 0.838 bits per heavy atom. The predicted molar refractivity (Wildman–Crippen MR) is 237 cm³/mol. The van der Waals surface area contributed by atoms with E-state index in [0.717, 1.165) is 13.8 Å². The molecule has 1 aliphatic heterocycles. The third kappa shape index (κ3) is 9.71. The first-order valence-corrected chi connectivity index (χ1v) is 22.5. The van der Waals surface area contributed by atoms with Gasteiger partial charge in [-0.15, -0.1) is 0 Å². The number of hydrogen-bond donors (Lipinski definition) is 2. The van der Waals surface area contributed by atoms with Crippen LogP contribution in [0, 0.1) is 16.7 Å². The van der Waals surface area contributed by atoms with Gasteiger partial charge in [0.05, 0.1) is 23.5 Å². The predicted octanol–water partition coefficient (Wildman–Crippen LogP) is 6.77. The van der Waals surface area contributed by atoms with Crippen molar-refractivity contribution in [3.63, 3.8) is 0 Å². The largest absolute Gasteiger partial charge is 0.509 e. The molecule has 18 heteroatoms. The van der Waals surface area contributed by atoms with Crippen molar-refractivity contribution in [2.45, 2.75) is 161 Å². The summed E-state index contributed by atoms with van der Waals surface area (Å²) in [4.78, 5) is 98.1. The number of rotatable bonds is 10. The minimum atomic E-state index is -2.53. The summed E-state index contributed by atoms with van der Waals surface area (Å²) < 4.78 is 64.4. The van der Waals surface area contributed by atoms with E-state index in [9.17, 15) is 29.1 Å². The van der Waals surface area contributed by atoms with Gasteiger partial charge < -0.3 is 48.3 Å². The highest BCUT2D eigenvalue weighted by Crippen LogP contribution is 2.65. The summed E-state index contributed by atoms with van der Waals surface area (Å²) >= 11 is 0. The van der Waals surface area contributed by atoms with E-state index in [2.05, 4.69) is 5.32 Å². The monoisotopic (exact) mass is 951 g/mol. The SMILES string of the molecule is CC(=O)O[C@H]1C(=O)[C@]2(C)C(F)CC3OC[C@@]3(OC(C)=O)C2C(OC(=O)c2ccccc2)[C@]2(O)CC(OC(=O)C(OC(=O)OC(C)(C)C)[C@@H](NC(=O)OC(C)(C)C)c3ccccc3)C(C)=C1C2(C)C. The smallest absolute Gasteiger partial charge is 0.455 e. The summed E-state index contributed by atoms with van der Waals surface area (Å²) in [5, 5.41) is 16.4. The fraction of sp³-hybridized carbons (Fsp3) is 0.580. The van der Waals surface area contributed by atoms with Crippen LogP contribution in [0.25, 0.3) is 0 Å². The summed E-state index contributed by atoms with van der Waals surface area (Å²) in [7, 11) is 0. The lowest BCUT2D eigenvalue weighted by molar-refractivity contribution is -0.341. The fourth-order valence-electron chi connectivity index (χ4n) is 10.2. The van der Waals surface area contributed by atoms with Gasteiger partial charge in [-0.2, -0.15) is 0 Å². The molecule has 3 fully saturated rings. The highest BCUT2D eigenvalue weighted by Gasteiger charge is 2.79. The molecule has 11 atom stereocenters. The molecule has 2 aromatic rings. The zero-order valence-electron chi connectivity index (χ0n) is 40.5. The van der Waals surface area contributed by atoms with E-state index in [-0.39, 0.29) is 22.3 Å². The Labute approximate surface area is 394 Å². The molecule has 4 aliphatic rings. The van der Waals surface area contributed by atoms with Gasteiger partial charge in [0.25, 0.3) is 0 Å². The van der Waals surface area contributed by atoms with Gasteiger partial charge in [0.1, 0.15) is 47.3 Å². The topological polar surface area (TPSA) is 226 Å². The van der Waals surface area contributed by atoms with Crippen LogP contribution in [0.2, 0.25) is 0 Å². The second-order valence-electron chi connectivity index (χ2n) is 20.7. The number of nitrogens with one attached hydrogen (secondary N) is 1. The maximum Gasteiger partial charge on any atom is 0.509 e. The first-order valence-electron chi connectivity index (χ1n) is 22.5. The van der Waals surface area contributed by atoms with Crippen molar-refractivity contribution in [2.75, 3.05) is 6.61 Å². The zero-order chi connectivity index (χ0) is 50.5. The molecule has 1 heterocycles. The highest BCUT2D eigenvalue weighted by atomic mass is 19.1. The summed E-state index contributed by atoms with van der Waals surface area (Å²) in [5.74, 6) is -6.87. The highest BCUT2D eigenvalue weighted by molar-refractivity contribution is 5.95. The molecule has 0 spiro atoms. The van der Waals surface area contributed by atoms with Gasteiger partial charge in [0.15, 0.2) is 17.5 Å². The summed E-state index contributed by atoms with van der Waals surface area (Å²) in [6, 6.07) is 14.2. The van der Waals surface area contributed by atoms with Crippen molar-refractivity contribution < 1.29 is 81.0 Å². The molecule has 0 aromatic heterocycles. The van der Waals surface area contributed by atoms with Crippen molar-refractivity contribution in [3.8, 4) is 0 Å². The van der Waals surface area contributed by atoms with E-state index in [4.69, 9.17) is 37.9 Å². The van der Waals surface area contributed by atoms with E-state index < -0.39 is 143 Å². The second-order valence-corrected chi connectivity index (χ2v) is 20.7. The molecule has 2 aromatic carbocycles. The number of amides is 1. The Kier molecular flexibility index (Phi) is 14.1. The molecule has 2 N–H and O–H groups in total. The van der Waals surface area contributed by atoms with Gasteiger partial charge in [-0.25, -0.2) is 23.6 Å². The quantitative estimate of drug-likeness (QED) is 0.142. The molecule has 6 unspecified atom stereocenters. The molecule has 2 bridgehead atoms. The maximum atomic E-state index is 17.3. The van der Waals surface area contributed by atoms with Gasteiger partial charge in [0, 0.05) is 32.1 Å². The van der Waals surface area contributed by atoms with Gasteiger partial charge >= 0.3 is 36.1 Å². The standard InChI is InChI=1S/C50H62FNO16/c1-26-31(63-42(57)37(64-44(59)68-46(7,8)9)35(29-19-15-13-16-20-29)52-43(58)67-45(4,5)6)24-50(60)40(65-41(56)30-21-17-14-18-22-30)38-48(12,32(51)23-33-49(38,25-61-33)66-28(3)54)39(55)36(62-27(2)53)34(26)47(50,10)11/h13-22,31-33,35-38,40,60H,23-25H2,1-12H3,(H,52,58)/t31?,32?,33?,35-,36+,37?,38?,40?,48+,49-,50+/m0/s1. The lowest BCUT2D eigenvalue weighted by atomic mass is 9.45. The fourth-order valence-corrected chi connectivity index (χ4v) is 10.2. The van der Waals surface area contributed by atoms with Crippen LogP contribution in [0.1, 0.15) is 118 Å². The van der Waals surface area contributed by atoms with Crippen LogP contribution in [0.3, 0.4) is 0 Å². The molecule has 68 heavy (non-hydrogen) atoms. The third-order valence-electron chi connectivity index (χ3n) is 13.4. The van der Waals surface area contributed by atoms with Crippen LogP contribution in [0.4, 0.5) is 14.0 Å². The lowest BCUT2D eigenvalue weighted by Gasteiger charge is -2.67. The average Bonchev–Trinajstić information content (AvgIpc) is 3.22. The van der Waals surface area contributed by atoms with Gasteiger partial charge in [-0.3, -0.25) is 14.4 Å². The number of carbonyl (C=O) groups is 7. The Morgan fingerprint density at radius 2 is 1.43 bits per heavy atom. The van der Waals surface area contributed by atoms with E-state index in [1.807, 2.05) is 0 Å². The number of Topliss-reactive ketones (excluding diaryl/α,β-unsaturated/α-hetero) is 1. The van der Waals surface area contributed by atoms with Crippen LogP contribution in [0.15, 0.2) is 71.8 Å². The first kappa shape index (κ1) is 51.5. The molecular formula is C50H62FNO16. The van der Waals surface area contributed by atoms with E-state index in [0.29, 0.717) is 0 Å². The third-order valence-corrected chi connectivity index (χ3v) is 13.4. The molecular weight excluding hydrogens is 890 g/mol. The van der Waals surface area contributed by atoms with Crippen LogP contribution in [0.5, 0.6) is 0 Å². The number of ketones is 1. The number of alkyl carbamates (subject to hydrolysis) is 1. The van der Waals surface area contributed by atoms with Crippen molar-refractivity contribution in [2.24, 2.45) is 16.7 Å². The first-order chi connectivity index (χ1) is 31.5. The molecule has 1 saturated heterocycles. The number of benzene rings is 2. The molecule has 1 amide bonds. The Balaban J connectivity index is 1.58. The second kappa shape index (κ2) is 18.6. The van der Waals surface area contributed by atoms with Crippen LogP contribution in [-0.4, -0.2) is 113 Å². The zero-order valence-corrected chi connectivity index (χ0v) is 40.5. The summed E-state index contributed by atoms with van der Waals surface area (Å²) in [5.41, 5.74) is -10.4. The molecule has 370 valence electrons. The van der Waals surface area contributed by atoms with Crippen molar-refractivity contribution in [1.82, 2.24) is 5.32 Å². The number of fused-ring (bicyclic) bond motifs is 5. The number of esters is 4. The number of aliphatic hydroxyl groups is 1. The van der Waals surface area contributed by atoms with Crippen LogP contribution < -0.4 is 5.32 Å². The number of alkyl halides is 1. The Morgan fingerprint density at radius 3 is 1.96 bits per heavy atom. The Hall–Kier alpha value is -5.88. The molecule has 17 nitrogen and oxygen atoms in total. The van der Waals surface area contributed by atoms with E-state index >= 15 is 14.0 Å². The van der Waals surface area contributed by atoms with Crippen LogP contribution in [-0.2, 0) is 57.1 Å². The number of carbonyl (C=O) groups excluding carboxylic acids is 7. The summed E-state index contributed by atoms with van der Waals surface area (Å²) in [6.07, 6.45) is -14.3. The van der Waals surface area contributed by atoms with Gasteiger partial charge in [0.2, 0.25) is 6.10 Å². The minimum Gasteiger partial charge on any atom is -0.455 e.